The molecule has 2 rings (SSSR count). The molecule has 0 spiro atoms. The highest BCUT2D eigenvalue weighted by Gasteiger charge is 2.48. The average molecular weight is 282 g/mol. The minimum atomic E-state index is -1.29. The predicted octanol–water partition coefficient (Wildman–Crippen LogP) is 2.73. The molecule has 0 saturated heterocycles. The Labute approximate surface area is 118 Å². The maximum atomic E-state index is 11.5. The van der Waals surface area contributed by atoms with E-state index in [1.54, 1.807) is 13.8 Å². The molecule has 0 aromatic carbocycles. The van der Waals surface area contributed by atoms with Crippen LogP contribution in [0.5, 0.6) is 0 Å². The van der Waals surface area contributed by atoms with Gasteiger partial charge in [-0.25, -0.2) is 9.59 Å². The second-order valence-corrected chi connectivity index (χ2v) is 6.36. The lowest BCUT2D eigenvalue weighted by Gasteiger charge is -2.39. The zero-order valence-electron chi connectivity index (χ0n) is 12.0. The molecular formula is C14H22N2O4. The quantitative estimate of drug-likeness (QED) is 0.731. The number of aliphatic carboxylic acids is 2. The minimum absolute atomic E-state index is 0.0387. The number of carboxylic acids is 2. The van der Waals surface area contributed by atoms with Crippen LogP contribution in [-0.4, -0.2) is 33.2 Å². The molecule has 0 bridgehead atoms. The molecule has 6 heteroatoms. The summed E-state index contributed by atoms with van der Waals surface area (Å²) in [6.07, 6.45) is 5.26. The second-order valence-electron chi connectivity index (χ2n) is 6.36. The van der Waals surface area contributed by atoms with Crippen LogP contribution >= 0.6 is 0 Å². The summed E-state index contributed by atoms with van der Waals surface area (Å²) in [7, 11) is 0. The molecule has 0 radical (unpaired) electrons. The number of hydrogen-bond acceptors (Lipinski definition) is 4. The number of hydrogen-bond donors (Lipinski definition) is 2. The van der Waals surface area contributed by atoms with Crippen LogP contribution in [0.25, 0.3) is 0 Å². The summed E-state index contributed by atoms with van der Waals surface area (Å²) in [5, 5.41) is 26.9. The number of rotatable bonds is 6. The van der Waals surface area contributed by atoms with E-state index in [9.17, 15) is 19.8 Å². The lowest BCUT2D eigenvalue weighted by Crippen LogP contribution is -2.47. The first-order chi connectivity index (χ1) is 9.30. The highest BCUT2D eigenvalue weighted by molar-refractivity contribution is 5.80. The zero-order chi connectivity index (χ0) is 15.0. The highest BCUT2D eigenvalue weighted by atomic mass is 16.4. The van der Waals surface area contributed by atoms with Gasteiger partial charge in [0.05, 0.1) is 0 Å². The van der Waals surface area contributed by atoms with Crippen LogP contribution in [0.3, 0.4) is 0 Å². The Kier molecular flexibility index (Phi) is 3.84. The first-order valence-electron chi connectivity index (χ1n) is 7.21. The van der Waals surface area contributed by atoms with Gasteiger partial charge in [-0.2, -0.15) is 10.2 Å². The van der Waals surface area contributed by atoms with E-state index in [4.69, 9.17) is 0 Å². The maximum absolute atomic E-state index is 11.5. The van der Waals surface area contributed by atoms with Crippen molar-refractivity contribution in [2.24, 2.45) is 22.1 Å². The topological polar surface area (TPSA) is 99.3 Å². The first-order valence-corrected chi connectivity index (χ1v) is 7.21. The molecule has 2 fully saturated rings. The van der Waals surface area contributed by atoms with Crippen molar-refractivity contribution in [1.29, 1.82) is 0 Å². The fourth-order valence-electron chi connectivity index (χ4n) is 2.75. The third-order valence-corrected chi connectivity index (χ3v) is 5.13. The Balaban J connectivity index is 2.23. The standard InChI is InChI=1S/C14H22N2O4/c1-13(11(17)18,9-5-3-6-9)15-16-14(2,12(19)20)10-7-4-8-10/h9-10H,3-8H2,1-2H3,(H,17,18)(H,19,20). The van der Waals surface area contributed by atoms with Crippen molar-refractivity contribution in [2.45, 2.75) is 63.5 Å². The monoisotopic (exact) mass is 282 g/mol. The van der Waals surface area contributed by atoms with Crippen molar-refractivity contribution < 1.29 is 19.8 Å². The molecular weight excluding hydrogens is 260 g/mol. The third kappa shape index (κ3) is 2.31. The van der Waals surface area contributed by atoms with Crippen LogP contribution < -0.4 is 0 Å². The van der Waals surface area contributed by atoms with Crippen LogP contribution in [-0.2, 0) is 9.59 Å². The largest absolute Gasteiger partial charge is 0.479 e. The lowest BCUT2D eigenvalue weighted by atomic mass is 9.71. The van der Waals surface area contributed by atoms with Crippen molar-refractivity contribution in [3.05, 3.63) is 0 Å². The zero-order valence-corrected chi connectivity index (χ0v) is 12.0. The van der Waals surface area contributed by atoms with E-state index in [1.807, 2.05) is 0 Å². The number of nitrogens with zero attached hydrogens (tertiary/aromatic N) is 2. The van der Waals surface area contributed by atoms with E-state index in [0.717, 1.165) is 38.5 Å². The molecule has 0 aromatic heterocycles. The second kappa shape index (κ2) is 5.14. The van der Waals surface area contributed by atoms with Gasteiger partial charge >= 0.3 is 11.9 Å². The number of carboxylic acid groups (broad SMARTS) is 2. The molecule has 2 aliphatic rings. The summed E-state index contributed by atoms with van der Waals surface area (Å²) in [5.74, 6) is -2.12. The van der Waals surface area contributed by atoms with Gasteiger partial charge in [0.1, 0.15) is 0 Å². The lowest BCUT2D eigenvalue weighted by molar-refractivity contribution is -0.149. The van der Waals surface area contributed by atoms with E-state index in [2.05, 4.69) is 10.2 Å². The van der Waals surface area contributed by atoms with Gasteiger partial charge in [-0.15, -0.1) is 0 Å². The molecule has 2 atom stereocenters. The van der Waals surface area contributed by atoms with Crippen LogP contribution in [0.1, 0.15) is 52.4 Å². The summed E-state index contributed by atoms with van der Waals surface area (Å²) in [6, 6.07) is 0. The Morgan fingerprint density at radius 3 is 1.30 bits per heavy atom. The average Bonchev–Trinajstić information content (AvgIpc) is 2.20. The summed E-state index contributed by atoms with van der Waals surface area (Å²) in [6.45, 7) is 3.09. The number of carbonyl (C=O) groups is 2. The van der Waals surface area contributed by atoms with Crippen LogP contribution in [0.15, 0.2) is 10.2 Å². The summed E-state index contributed by atoms with van der Waals surface area (Å²) >= 11 is 0. The third-order valence-electron chi connectivity index (χ3n) is 5.13. The minimum Gasteiger partial charge on any atom is -0.479 e. The van der Waals surface area contributed by atoms with Crippen molar-refractivity contribution >= 4 is 11.9 Å². The maximum Gasteiger partial charge on any atom is 0.333 e. The fourth-order valence-corrected chi connectivity index (χ4v) is 2.75. The van der Waals surface area contributed by atoms with E-state index in [1.165, 1.54) is 0 Å². The van der Waals surface area contributed by atoms with E-state index < -0.39 is 23.0 Å². The van der Waals surface area contributed by atoms with Gasteiger partial charge in [-0.1, -0.05) is 12.8 Å². The van der Waals surface area contributed by atoms with Crippen LogP contribution in [0.2, 0.25) is 0 Å². The summed E-state index contributed by atoms with van der Waals surface area (Å²) in [5.41, 5.74) is -2.59. The van der Waals surface area contributed by atoms with Gasteiger partial charge in [0.2, 0.25) is 0 Å². The van der Waals surface area contributed by atoms with Gasteiger partial charge in [-0.3, -0.25) is 0 Å². The molecule has 2 saturated carbocycles. The van der Waals surface area contributed by atoms with E-state index in [0.29, 0.717) is 0 Å². The van der Waals surface area contributed by atoms with Crippen molar-refractivity contribution in [3.63, 3.8) is 0 Å². The molecule has 0 aromatic rings. The molecule has 2 aliphatic carbocycles. The van der Waals surface area contributed by atoms with Gasteiger partial charge < -0.3 is 10.2 Å². The molecule has 0 amide bonds. The molecule has 20 heavy (non-hydrogen) atoms. The molecule has 6 nitrogen and oxygen atoms in total. The first kappa shape index (κ1) is 14.9. The molecule has 112 valence electrons. The Morgan fingerprint density at radius 1 is 0.850 bits per heavy atom. The summed E-state index contributed by atoms with van der Waals surface area (Å²) in [4.78, 5) is 23.0. The predicted molar refractivity (Wildman–Crippen MR) is 71.6 cm³/mol. The van der Waals surface area contributed by atoms with Gasteiger partial charge in [0.25, 0.3) is 0 Å². The van der Waals surface area contributed by atoms with Gasteiger partial charge in [0.15, 0.2) is 11.1 Å². The summed E-state index contributed by atoms with van der Waals surface area (Å²) < 4.78 is 0. The molecule has 0 aliphatic heterocycles. The van der Waals surface area contributed by atoms with E-state index in [-0.39, 0.29) is 11.8 Å². The Morgan fingerprint density at radius 2 is 1.15 bits per heavy atom. The Hall–Kier alpha value is -1.46. The molecule has 0 heterocycles. The van der Waals surface area contributed by atoms with Crippen LogP contribution in [0, 0.1) is 11.8 Å². The smallest absolute Gasteiger partial charge is 0.333 e. The van der Waals surface area contributed by atoms with Crippen molar-refractivity contribution in [2.75, 3.05) is 0 Å². The molecule has 2 unspecified atom stereocenters. The fraction of sp³-hybridized carbons (Fsp3) is 0.857. The normalized spacial score (nSPS) is 26.3. The van der Waals surface area contributed by atoms with Crippen molar-refractivity contribution in [3.8, 4) is 0 Å². The SMILES string of the molecule is CC(N=NC(C)(C(=O)O)C1CCC1)(C(=O)O)C1CCC1. The Bertz CT molecular complexity index is 402. The van der Waals surface area contributed by atoms with Gasteiger partial charge in [-0.05, 0) is 51.4 Å². The number of azo groups is 1. The van der Waals surface area contributed by atoms with Crippen LogP contribution in [0.4, 0.5) is 0 Å². The van der Waals surface area contributed by atoms with Gasteiger partial charge in [0, 0.05) is 0 Å². The van der Waals surface area contributed by atoms with Crippen molar-refractivity contribution in [1.82, 2.24) is 0 Å². The van der Waals surface area contributed by atoms with E-state index >= 15 is 0 Å². The highest BCUT2D eigenvalue weighted by Crippen LogP contribution is 2.42. The molecule has 2 N–H and O–H groups in total.